The van der Waals surface area contributed by atoms with Crippen molar-refractivity contribution < 1.29 is 49.5 Å². The Morgan fingerprint density at radius 3 is 2.27 bits per heavy atom. The first kappa shape index (κ1) is 14.1. The van der Waals surface area contributed by atoms with Crippen LogP contribution >= 0.6 is 0 Å². The van der Waals surface area contributed by atoms with Crippen LogP contribution in [0.1, 0.15) is 5.56 Å². The summed E-state index contributed by atoms with van der Waals surface area (Å²) in [7, 11) is 0. The van der Waals surface area contributed by atoms with Crippen LogP contribution in [0.4, 0.5) is 0 Å². The summed E-state index contributed by atoms with van der Waals surface area (Å²) in [5, 5.41) is 19.2. The van der Waals surface area contributed by atoms with Crippen molar-refractivity contribution in [1.82, 2.24) is 5.06 Å². The van der Waals surface area contributed by atoms with Gasteiger partial charge in [0.1, 0.15) is 5.97 Å². The molecule has 1 rings (SSSR count). The fraction of sp³-hybridized carbons (Fsp3) is 0.111. The number of carboxylic acids is 1. The van der Waals surface area contributed by atoms with E-state index in [0.717, 1.165) is 0 Å². The van der Waals surface area contributed by atoms with Crippen LogP contribution in [0.15, 0.2) is 30.3 Å². The van der Waals surface area contributed by atoms with Gasteiger partial charge in [-0.1, -0.05) is 30.3 Å². The molecule has 0 aliphatic rings. The van der Waals surface area contributed by atoms with Crippen LogP contribution in [0, 0.1) is 0 Å². The molecule has 1 aromatic carbocycles. The fourth-order valence-corrected chi connectivity index (χ4v) is 0.934. The van der Waals surface area contributed by atoms with Crippen molar-refractivity contribution in [2.24, 2.45) is 0 Å². The molecule has 1 aromatic rings. The van der Waals surface area contributed by atoms with E-state index in [1.54, 1.807) is 30.3 Å². The maximum absolute atomic E-state index is 10.7. The standard InChI is InChI=1S/C9H9NO4.Na/c11-8(9(12)13)10(14)6-7-4-2-1-3-5-7;/h1-5,14H,6H2,(H,12,13);/q;+1/p-1. The zero-order valence-electron chi connectivity index (χ0n) is 8.21. The molecule has 0 aliphatic carbocycles. The second kappa shape index (κ2) is 6.58. The van der Waals surface area contributed by atoms with Crippen LogP contribution < -0.4 is 34.7 Å². The molecule has 1 N–H and O–H groups in total. The van der Waals surface area contributed by atoms with E-state index in [-0.39, 0.29) is 41.2 Å². The third-order valence-electron chi connectivity index (χ3n) is 1.58. The molecule has 0 fully saturated rings. The Balaban J connectivity index is 0.00000196. The summed E-state index contributed by atoms with van der Waals surface area (Å²) in [6.07, 6.45) is 0. The minimum absolute atomic E-state index is 0. The first-order valence-electron chi connectivity index (χ1n) is 3.87. The average Bonchev–Trinajstić information content (AvgIpc) is 2.18. The molecule has 0 atom stereocenters. The number of hydrogen-bond acceptors (Lipinski definition) is 4. The molecular formula is C9H8NNaO4. The van der Waals surface area contributed by atoms with Gasteiger partial charge in [-0.05, 0) is 5.56 Å². The Labute approximate surface area is 109 Å². The van der Waals surface area contributed by atoms with E-state index < -0.39 is 11.9 Å². The summed E-state index contributed by atoms with van der Waals surface area (Å²) in [5.74, 6) is -3.38. The van der Waals surface area contributed by atoms with Crippen molar-refractivity contribution in [3.63, 3.8) is 0 Å². The fourth-order valence-electron chi connectivity index (χ4n) is 0.934. The molecule has 0 heterocycles. The Hall–Kier alpha value is -0.880. The van der Waals surface area contributed by atoms with Crippen LogP contribution in [-0.2, 0) is 16.1 Å². The third kappa shape index (κ3) is 4.44. The van der Waals surface area contributed by atoms with Gasteiger partial charge in [0.2, 0.25) is 0 Å². The molecule has 0 spiro atoms. The number of nitrogens with zero attached hydrogens (tertiary/aromatic N) is 1. The maximum atomic E-state index is 10.7. The van der Waals surface area contributed by atoms with E-state index in [4.69, 9.17) is 5.21 Å². The average molecular weight is 217 g/mol. The van der Waals surface area contributed by atoms with Crippen molar-refractivity contribution >= 4 is 11.9 Å². The SMILES string of the molecule is O=C([O-])C(=O)N(O)Cc1ccccc1.[Na+]. The van der Waals surface area contributed by atoms with Gasteiger partial charge in [-0.2, -0.15) is 0 Å². The van der Waals surface area contributed by atoms with Gasteiger partial charge in [-0.3, -0.25) is 10.0 Å². The monoisotopic (exact) mass is 217 g/mol. The van der Waals surface area contributed by atoms with Crippen LogP contribution in [0.3, 0.4) is 0 Å². The summed E-state index contributed by atoms with van der Waals surface area (Å²) >= 11 is 0. The minimum atomic E-state index is -1.93. The Morgan fingerprint density at radius 2 is 1.80 bits per heavy atom. The summed E-state index contributed by atoms with van der Waals surface area (Å²) in [6.45, 7) is -0.173. The summed E-state index contributed by atoms with van der Waals surface area (Å²) in [4.78, 5) is 20.7. The summed E-state index contributed by atoms with van der Waals surface area (Å²) in [5.41, 5.74) is 0.629. The zero-order valence-corrected chi connectivity index (χ0v) is 10.2. The van der Waals surface area contributed by atoms with Gasteiger partial charge in [0.05, 0.1) is 6.54 Å². The van der Waals surface area contributed by atoms with Crippen LogP contribution in [0.25, 0.3) is 0 Å². The van der Waals surface area contributed by atoms with Crippen molar-refractivity contribution in [2.75, 3.05) is 0 Å². The number of carboxylic acid groups (broad SMARTS) is 1. The second-order valence-electron chi connectivity index (χ2n) is 2.64. The number of amides is 1. The molecule has 0 unspecified atom stereocenters. The van der Waals surface area contributed by atoms with Gasteiger partial charge in [-0.25, -0.2) is 5.06 Å². The summed E-state index contributed by atoms with van der Waals surface area (Å²) in [6, 6.07) is 8.52. The Morgan fingerprint density at radius 1 is 1.27 bits per heavy atom. The number of aliphatic carboxylic acids is 1. The molecule has 0 bridgehead atoms. The van der Waals surface area contributed by atoms with Gasteiger partial charge in [0.15, 0.2) is 0 Å². The molecule has 1 amide bonds. The predicted octanol–water partition coefficient (Wildman–Crippen LogP) is -3.84. The van der Waals surface area contributed by atoms with Gasteiger partial charge >= 0.3 is 29.6 Å². The molecular weight excluding hydrogens is 209 g/mol. The van der Waals surface area contributed by atoms with E-state index in [1.165, 1.54) is 0 Å². The van der Waals surface area contributed by atoms with Crippen LogP contribution in [0.5, 0.6) is 0 Å². The van der Waals surface area contributed by atoms with Gasteiger partial charge in [0.25, 0.3) is 5.91 Å². The maximum Gasteiger partial charge on any atom is 1.00 e. The normalized spacial score (nSPS) is 8.87. The molecule has 0 aromatic heterocycles. The van der Waals surface area contributed by atoms with E-state index in [9.17, 15) is 14.7 Å². The Bertz CT molecular complexity index is 341. The van der Waals surface area contributed by atoms with Crippen LogP contribution in [-0.4, -0.2) is 22.1 Å². The third-order valence-corrected chi connectivity index (χ3v) is 1.58. The zero-order chi connectivity index (χ0) is 10.6. The van der Waals surface area contributed by atoms with Gasteiger partial charge in [0, 0.05) is 0 Å². The number of hydrogen-bond donors (Lipinski definition) is 1. The van der Waals surface area contributed by atoms with Crippen molar-refractivity contribution in [3.05, 3.63) is 35.9 Å². The molecule has 5 nitrogen and oxygen atoms in total. The van der Waals surface area contributed by atoms with Crippen molar-refractivity contribution in [1.29, 1.82) is 0 Å². The quantitative estimate of drug-likeness (QED) is 0.238. The molecule has 0 saturated heterocycles. The van der Waals surface area contributed by atoms with Crippen molar-refractivity contribution in [2.45, 2.75) is 6.54 Å². The molecule has 74 valence electrons. The number of carbonyl (C=O) groups is 2. The smallest absolute Gasteiger partial charge is 0.540 e. The minimum Gasteiger partial charge on any atom is -0.540 e. The van der Waals surface area contributed by atoms with Gasteiger partial charge in [-0.15, -0.1) is 0 Å². The number of benzene rings is 1. The predicted molar refractivity (Wildman–Crippen MR) is 43.8 cm³/mol. The van der Waals surface area contributed by atoms with Gasteiger partial charge < -0.3 is 9.90 Å². The van der Waals surface area contributed by atoms with E-state index in [1.807, 2.05) is 0 Å². The number of rotatable bonds is 2. The van der Waals surface area contributed by atoms with E-state index in [2.05, 4.69) is 0 Å². The van der Waals surface area contributed by atoms with Crippen molar-refractivity contribution in [3.8, 4) is 0 Å². The topological polar surface area (TPSA) is 80.7 Å². The number of carbonyl (C=O) groups excluding carboxylic acids is 2. The van der Waals surface area contributed by atoms with E-state index in [0.29, 0.717) is 5.56 Å². The largest absolute Gasteiger partial charge is 1.00 e. The summed E-state index contributed by atoms with van der Waals surface area (Å²) < 4.78 is 0. The first-order chi connectivity index (χ1) is 6.61. The molecule has 15 heavy (non-hydrogen) atoms. The number of hydroxylamine groups is 2. The van der Waals surface area contributed by atoms with Crippen LogP contribution in [0.2, 0.25) is 0 Å². The molecule has 0 saturated carbocycles. The Kier molecular flexibility index (Phi) is 6.19. The van der Waals surface area contributed by atoms with E-state index >= 15 is 0 Å². The second-order valence-corrected chi connectivity index (χ2v) is 2.64. The first-order valence-corrected chi connectivity index (χ1v) is 3.87. The molecule has 0 aliphatic heterocycles. The molecule has 6 heteroatoms. The molecule has 0 radical (unpaired) electrons.